The number of aromatic nitrogens is 2. The molecular formula is C18H26N4O. The maximum atomic E-state index is 11.9. The van der Waals surface area contributed by atoms with Crippen LogP contribution in [0.1, 0.15) is 37.9 Å². The third-order valence-corrected chi connectivity index (χ3v) is 4.59. The molecule has 0 spiro atoms. The number of para-hydroxylation sites is 2. The second kappa shape index (κ2) is 8.11. The number of hydrogen-bond acceptors (Lipinski definition) is 3. The molecule has 0 aliphatic carbocycles. The Labute approximate surface area is 137 Å². The number of carbonyl (C=O) groups excluding carboxylic acids is 1. The summed E-state index contributed by atoms with van der Waals surface area (Å²) in [5.74, 6) is 1.90. The van der Waals surface area contributed by atoms with Crippen LogP contribution in [0.3, 0.4) is 0 Å². The molecule has 1 fully saturated rings. The summed E-state index contributed by atoms with van der Waals surface area (Å²) in [7, 11) is 0. The molecular weight excluding hydrogens is 288 g/mol. The monoisotopic (exact) mass is 314 g/mol. The minimum absolute atomic E-state index is 0.188. The van der Waals surface area contributed by atoms with Crippen molar-refractivity contribution in [2.45, 2.75) is 38.5 Å². The van der Waals surface area contributed by atoms with E-state index in [0.717, 1.165) is 61.7 Å². The fourth-order valence-electron chi connectivity index (χ4n) is 3.20. The maximum absolute atomic E-state index is 11.9. The first kappa shape index (κ1) is 16.0. The Morgan fingerprint density at radius 1 is 1.26 bits per heavy atom. The highest BCUT2D eigenvalue weighted by Crippen LogP contribution is 2.17. The van der Waals surface area contributed by atoms with Crippen molar-refractivity contribution in [2.24, 2.45) is 5.92 Å². The fraction of sp³-hybridized carbons (Fsp3) is 0.556. The first-order valence-corrected chi connectivity index (χ1v) is 8.72. The normalized spacial score (nSPS) is 15.8. The molecule has 2 heterocycles. The highest BCUT2D eigenvalue weighted by atomic mass is 16.1. The van der Waals surface area contributed by atoms with Gasteiger partial charge >= 0.3 is 0 Å². The third kappa shape index (κ3) is 4.79. The zero-order valence-corrected chi connectivity index (χ0v) is 13.6. The summed E-state index contributed by atoms with van der Waals surface area (Å²) < 4.78 is 0. The SMILES string of the molecule is O=C(CCC1CCNCC1)NCCCc1nc2ccccc2[nH]1. The lowest BCUT2D eigenvalue weighted by Crippen LogP contribution is -2.29. The number of nitrogens with zero attached hydrogens (tertiary/aromatic N) is 1. The molecule has 5 heteroatoms. The van der Waals surface area contributed by atoms with Crippen molar-refractivity contribution in [2.75, 3.05) is 19.6 Å². The smallest absolute Gasteiger partial charge is 0.220 e. The van der Waals surface area contributed by atoms with E-state index in [-0.39, 0.29) is 5.91 Å². The lowest BCUT2D eigenvalue weighted by atomic mass is 9.93. The predicted molar refractivity (Wildman–Crippen MR) is 92.3 cm³/mol. The molecule has 3 N–H and O–H groups in total. The van der Waals surface area contributed by atoms with Gasteiger partial charge in [-0.05, 0) is 56.8 Å². The van der Waals surface area contributed by atoms with Crippen LogP contribution in [0.2, 0.25) is 0 Å². The largest absolute Gasteiger partial charge is 0.356 e. The van der Waals surface area contributed by atoms with Crippen LogP contribution in [0.5, 0.6) is 0 Å². The van der Waals surface area contributed by atoms with Crippen LogP contribution in [-0.2, 0) is 11.2 Å². The third-order valence-electron chi connectivity index (χ3n) is 4.59. The number of imidazole rings is 1. The number of amides is 1. The van der Waals surface area contributed by atoms with Gasteiger partial charge in [0, 0.05) is 19.4 Å². The lowest BCUT2D eigenvalue weighted by molar-refractivity contribution is -0.121. The topological polar surface area (TPSA) is 69.8 Å². The number of fused-ring (bicyclic) bond motifs is 1. The van der Waals surface area contributed by atoms with Crippen molar-refractivity contribution in [3.05, 3.63) is 30.1 Å². The van der Waals surface area contributed by atoms with E-state index in [0.29, 0.717) is 6.42 Å². The van der Waals surface area contributed by atoms with Crippen molar-refractivity contribution in [1.29, 1.82) is 0 Å². The summed E-state index contributed by atoms with van der Waals surface area (Å²) in [6, 6.07) is 8.05. The van der Waals surface area contributed by atoms with Gasteiger partial charge in [0.15, 0.2) is 0 Å². The van der Waals surface area contributed by atoms with Gasteiger partial charge in [-0.1, -0.05) is 12.1 Å². The molecule has 3 rings (SSSR count). The van der Waals surface area contributed by atoms with Crippen LogP contribution >= 0.6 is 0 Å². The summed E-state index contributed by atoms with van der Waals surface area (Å²) >= 11 is 0. The quantitative estimate of drug-likeness (QED) is 0.687. The van der Waals surface area contributed by atoms with E-state index < -0.39 is 0 Å². The number of aromatic amines is 1. The lowest BCUT2D eigenvalue weighted by Gasteiger charge is -2.22. The molecule has 124 valence electrons. The van der Waals surface area contributed by atoms with Gasteiger partial charge in [-0.3, -0.25) is 4.79 Å². The molecule has 0 saturated carbocycles. The molecule has 1 aromatic carbocycles. The molecule has 1 saturated heterocycles. The summed E-state index contributed by atoms with van der Waals surface area (Å²) in [6.07, 6.45) is 5.88. The highest BCUT2D eigenvalue weighted by Gasteiger charge is 2.14. The van der Waals surface area contributed by atoms with Crippen molar-refractivity contribution < 1.29 is 4.79 Å². The summed E-state index contributed by atoms with van der Waals surface area (Å²) in [5.41, 5.74) is 2.09. The average molecular weight is 314 g/mol. The van der Waals surface area contributed by atoms with E-state index in [4.69, 9.17) is 0 Å². The van der Waals surface area contributed by atoms with Crippen molar-refractivity contribution in [3.63, 3.8) is 0 Å². The first-order chi connectivity index (χ1) is 11.3. The Bertz CT molecular complexity index is 598. The number of piperidine rings is 1. The summed E-state index contributed by atoms with van der Waals surface area (Å²) in [4.78, 5) is 19.8. The van der Waals surface area contributed by atoms with Crippen molar-refractivity contribution in [1.82, 2.24) is 20.6 Å². The minimum Gasteiger partial charge on any atom is -0.356 e. The molecule has 0 atom stereocenters. The molecule has 1 amide bonds. The zero-order chi connectivity index (χ0) is 15.9. The Kier molecular flexibility index (Phi) is 5.64. The maximum Gasteiger partial charge on any atom is 0.220 e. The van der Waals surface area contributed by atoms with Gasteiger partial charge in [0.2, 0.25) is 5.91 Å². The van der Waals surface area contributed by atoms with Crippen LogP contribution in [0.15, 0.2) is 24.3 Å². The van der Waals surface area contributed by atoms with E-state index in [2.05, 4.69) is 20.6 Å². The number of hydrogen-bond donors (Lipinski definition) is 3. The van der Waals surface area contributed by atoms with Gasteiger partial charge in [0.05, 0.1) is 11.0 Å². The van der Waals surface area contributed by atoms with E-state index in [1.165, 1.54) is 12.8 Å². The molecule has 2 aromatic rings. The molecule has 1 aromatic heterocycles. The minimum atomic E-state index is 0.188. The number of nitrogens with one attached hydrogen (secondary N) is 3. The standard InChI is InChI=1S/C18H26N4O/c23-18(8-7-14-9-12-19-13-10-14)20-11-3-6-17-21-15-4-1-2-5-16(15)22-17/h1-2,4-5,14,19H,3,6-13H2,(H,20,23)(H,21,22). The van der Waals surface area contributed by atoms with E-state index in [1.807, 2.05) is 24.3 Å². The van der Waals surface area contributed by atoms with E-state index in [9.17, 15) is 4.79 Å². The van der Waals surface area contributed by atoms with Crippen molar-refractivity contribution >= 4 is 16.9 Å². The van der Waals surface area contributed by atoms with Crippen LogP contribution < -0.4 is 10.6 Å². The van der Waals surface area contributed by atoms with Crippen LogP contribution in [0, 0.1) is 5.92 Å². The van der Waals surface area contributed by atoms with Gasteiger partial charge in [-0.25, -0.2) is 4.98 Å². The number of rotatable bonds is 7. The second-order valence-electron chi connectivity index (χ2n) is 6.39. The second-order valence-corrected chi connectivity index (χ2v) is 6.39. The van der Waals surface area contributed by atoms with Gasteiger partial charge in [0.25, 0.3) is 0 Å². The molecule has 1 aliphatic rings. The molecule has 0 unspecified atom stereocenters. The van der Waals surface area contributed by atoms with Gasteiger partial charge in [-0.15, -0.1) is 0 Å². The Balaban J connectivity index is 1.32. The Morgan fingerprint density at radius 2 is 2.09 bits per heavy atom. The molecule has 0 radical (unpaired) electrons. The van der Waals surface area contributed by atoms with Gasteiger partial charge in [-0.2, -0.15) is 0 Å². The van der Waals surface area contributed by atoms with Crippen LogP contribution in [0.25, 0.3) is 11.0 Å². The first-order valence-electron chi connectivity index (χ1n) is 8.72. The molecule has 5 nitrogen and oxygen atoms in total. The highest BCUT2D eigenvalue weighted by molar-refractivity contribution is 5.76. The average Bonchev–Trinajstić information content (AvgIpc) is 3.00. The number of carbonyl (C=O) groups is 1. The summed E-state index contributed by atoms with van der Waals surface area (Å²) in [6.45, 7) is 2.93. The zero-order valence-electron chi connectivity index (χ0n) is 13.6. The predicted octanol–water partition coefficient (Wildman–Crippen LogP) is 2.39. The van der Waals surface area contributed by atoms with E-state index in [1.54, 1.807) is 0 Å². The Hall–Kier alpha value is -1.88. The van der Waals surface area contributed by atoms with Crippen molar-refractivity contribution in [3.8, 4) is 0 Å². The Morgan fingerprint density at radius 3 is 2.91 bits per heavy atom. The van der Waals surface area contributed by atoms with E-state index >= 15 is 0 Å². The van der Waals surface area contributed by atoms with Gasteiger partial charge < -0.3 is 15.6 Å². The molecule has 23 heavy (non-hydrogen) atoms. The number of H-pyrrole nitrogens is 1. The summed E-state index contributed by atoms with van der Waals surface area (Å²) in [5, 5.41) is 6.39. The molecule has 1 aliphatic heterocycles. The fourth-order valence-corrected chi connectivity index (χ4v) is 3.20. The van der Waals surface area contributed by atoms with Gasteiger partial charge in [0.1, 0.15) is 5.82 Å². The van der Waals surface area contributed by atoms with Crippen LogP contribution in [-0.4, -0.2) is 35.5 Å². The number of benzene rings is 1. The number of aryl methyl sites for hydroxylation is 1. The van der Waals surface area contributed by atoms with Crippen LogP contribution in [0.4, 0.5) is 0 Å². The molecule has 0 bridgehead atoms.